The zero-order chi connectivity index (χ0) is 20.3. The van der Waals surface area contributed by atoms with E-state index < -0.39 is 5.91 Å². The number of carbonyl (C=O) groups is 1. The summed E-state index contributed by atoms with van der Waals surface area (Å²) in [6, 6.07) is 8.20. The molecule has 2 N–H and O–H groups in total. The molecule has 0 aliphatic heterocycles. The molecular formula is C19H19ClN4O4. The second-order valence-corrected chi connectivity index (χ2v) is 6.38. The van der Waals surface area contributed by atoms with Gasteiger partial charge < -0.3 is 14.3 Å². The van der Waals surface area contributed by atoms with E-state index in [1.165, 1.54) is 13.3 Å². The van der Waals surface area contributed by atoms with Gasteiger partial charge in [-0.3, -0.25) is 9.48 Å². The number of hydrazone groups is 1. The summed E-state index contributed by atoms with van der Waals surface area (Å²) in [4.78, 5) is 12.2. The van der Waals surface area contributed by atoms with Crippen molar-refractivity contribution in [2.45, 2.75) is 20.4 Å². The van der Waals surface area contributed by atoms with Crippen LogP contribution in [-0.2, 0) is 6.54 Å². The third-order valence-corrected chi connectivity index (χ3v) is 4.65. The molecule has 2 aromatic heterocycles. The molecule has 0 radical (unpaired) electrons. The fourth-order valence-corrected chi connectivity index (χ4v) is 2.72. The minimum Gasteiger partial charge on any atom is -0.504 e. The Balaban J connectivity index is 1.65. The lowest BCUT2D eigenvalue weighted by Gasteiger charge is -2.04. The smallest absolute Gasteiger partial charge is 0.307 e. The van der Waals surface area contributed by atoms with Gasteiger partial charge in [-0.2, -0.15) is 10.2 Å². The number of para-hydroxylation sites is 1. The number of benzene rings is 1. The number of nitrogens with zero attached hydrogens (tertiary/aromatic N) is 3. The number of amides is 1. The summed E-state index contributed by atoms with van der Waals surface area (Å²) in [5.74, 6) is 0.398. The first-order chi connectivity index (χ1) is 13.4. The monoisotopic (exact) mass is 402 g/mol. The van der Waals surface area contributed by atoms with Gasteiger partial charge in [0.05, 0.1) is 36.3 Å². The Morgan fingerprint density at radius 2 is 2.18 bits per heavy atom. The van der Waals surface area contributed by atoms with Gasteiger partial charge in [0.2, 0.25) is 0 Å². The second kappa shape index (κ2) is 8.18. The molecule has 0 fully saturated rings. The van der Waals surface area contributed by atoms with Crippen LogP contribution in [0.2, 0.25) is 5.02 Å². The topological polar surface area (TPSA) is 102 Å². The number of phenols is 1. The van der Waals surface area contributed by atoms with Crippen LogP contribution in [-0.4, -0.2) is 34.1 Å². The van der Waals surface area contributed by atoms with Crippen LogP contribution in [0, 0.1) is 13.8 Å². The van der Waals surface area contributed by atoms with Crippen molar-refractivity contribution in [3.8, 4) is 11.5 Å². The van der Waals surface area contributed by atoms with Crippen LogP contribution in [0.5, 0.6) is 11.5 Å². The normalized spacial score (nSPS) is 11.1. The lowest BCUT2D eigenvalue weighted by molar-refractivity contribution is 0.0925. The van der Waals surface area contributed by atoms with Crippen LogP contribution in [0.25, 0.3) is 0 Å². The maximum atomic E-state index is 12.2. The summed E-state index contributed by atoms with van der Waals surface area (Å²) in [7, 11) is 1.45. The van der Waals surface area contributed by atoms with Gasteiger partial charge in [-0.15, -0.1) is 0 Å². The van der Waals surface area contributed by atoms with Crippen molar-refractivity contribution < 1.29 is 19.1 Å². The first-order valence-electron chi connectivity index (χ1n) is 8.38. The summed E-state index contributed by atoms with van der Waals surface area (Å²) in [5.41, 5.74) is 4.32. The summed E-state index contributed by atoms with van der Waals surface area (Å²) >= 11 is 6.14. The van der Waals surface area contributed by atoms with E-state index in [9.17, 15) is 9.90 Å². The minimum atomic E-state index is -0.517. The highest BCUT2D eigenvalue weighted by atomic mass is 35.5. The number of aromatic hydroxyl groups is 1. The Hall–Kier alpha value is -3.26. The van der Waals surface area contributed by atoms with Crippen molar-refractivity contribution in [1.82, 2.24) is 15.2 Å². The molecule has 0 aliphatic rings. The molecule has 0 saturated heterocycles. The van der Waals surface area contributed by atoms with E-state index >= 15 is 0 Å². The molecule has 0 bridgehead atoms. The number of furan rings is 1. The lowest BCUT2D eigenvalue weighted by atomic mass is 10.2. The molecule has 0 atom stereocenters. The highest BCUT2D eigenvalue weighted by Crippen LogP contribution is 2.28. The van der Waals surface area contributed by atoms with Crippen LogP contribution >= 0.6 is 11.6 Å². The maximum absolute atomic E-state index is 12.2. The van der Waals surface area contributed by atoms with Crippen LogP contribution in [0.4, 0.5) is 0 Å². The molecule has 146 valence electrons. The molecular weight excluding hydrogens is 384 g/mol. The first-order valence-corrected chi connectivity index (χ1v) is 8.76. The number of hydrogen-bond acceptors (Lipinski definition) is 6. The molecule has 2 heterocycles. The molecule has 0 aliphatic carbocycles. The average molecular weight is 403 g/mol. The zero-order valence-electron chi connectivity index (χ0n) is 15.6. The van der Waals surface area contributed by atoms with Crippen molar-refractivity contribution in [1.29, 1.82) is 0 Å². The van der Waals surface area contributed by atoms with Crippen molar-refractivity contribution >= 4 is 23.7 Å². The van der Waals surface area contributed by atoms with Gasteiger partial charge in [-0.25, -0.2) is 5.43 Å². The van der Waals surface area contributed by atoms with E-state index in [1.807, 2.05) is 13.8 Å². The molecule has 0 unspecified atom stereocenters. The van der Waals surface area contributed by atoms with E-state index in [-0.39, 0.29) is 11.5 Å². The number of rotatable bonds is 6. The number of phenolic OH excluding ortho intramolecular Hbond substituents is 1. The van der Waals surface area contributed by atoms with E-state index in [0.717, 1.165) is 11.4 Å². The number of nitrogens with one attached hydrogen (secondary N) is 1. The van der Waals surface area contributed by atoms with Crippen LogP contribution in [0.1, 0.15) is 33.3 Å². The average Bonchev–Trinajstić information content (AvgIpc) is 3.24. The van der Waals surface area contributed by atoms with Gasteiger partial charge in [-0.1, -0.05) is 17.7 Å². The molecule has 1 aromatic carbocycles. The van der Waals surface area contributed by atoms with Crippen LogP contribution < -0.4 is 10.2 Å². The van der Waals surface area contributed by atoms with E-state index in [4.69, 9.17) is 20.8 Å². The third kappa shape index (κ3) is 4.01. The minimum absolute atomic E-state index is 0.0631. The largest absolute Gasteiger partial charge is 0.504 e. The maximum Gasteiger partial charge on any atom is 0.307 e. The number of carbonyl (C=O) groups excluding carboxylic acids is 1. The molecule has 0 spiro atoms. The van der Waals surface area contributed by atoms with Gasteiger partial charge in [0, 0.05) is 5.56 Å². The molecule has 3 rings (SSSR count). The highest BCUT2D eigenvalue weighted by molar-refractivity contribution is 6.31. The van der Waals surface area contributed by atoms with Gasteiger partial charge in [0.25, 0.3) is 0 Å². The molecule has 3 aromatic rings. The Bertz CT molecular complexity index is 1040. The van der Waals surface area contributed by atoms with E-state index in [0.29, 0.717) is 28.6 Å². The molecule has 28 heavy (non-hydrogen) atoms. The SMILES string of the molecule is COc1cccc(/C=N\NC(=O)c2ccc(Cn3nc(C)c(Cl)c3C)o2)c1O. The predicted octanol–water partition coefficient (Wildman–Crippen LogP) is 3.27. The van der Waals surface area contributed by atoms with Crippen molar-refractivity contribution in [2.75, 3.05) is 7.11 Å². The first kappa shape index (κ1) is 19.5. The van der Waals surface area contributed by atoms with Gasteiger partial charge in [0.1, 0.15) is 5.76 Å². The van der Waals surface area contributed by atoms with E-state index in [1.54, 1.807) is 35.0 Å². The quantitative estimate of drug-likeness (QED) is 0.486. The third-order valence-electron chi connectivity index (χ3n) is 4.10. The Morgan fingerprint density at radius 3 is 2.86 bits per heavy atom. The Labute approximate surface area is 166 Å². The standard InChI is InChI=1S/C19H19ClN4O4/c1-11-17(20)12(2)24(23-11)10-14-7-8-16(28-14)19(26)22-21-9-13-5-4-6-15(27-3)18(13)25/h4-9,25H,10H2,1-3H3,(H,22,26)/b21-9-. The van der Waals surface area contributed by atoms with Crippen molar-refractivity contribution in [2.24, 2.45) is 5.10 Å². The van der Waals surface area contributed by atoms with Crippen molar-refractivity contribution in [3.63, 3.8) is 0 Å². The Morgan fingerprint density at radius 1 is 1.39 bits per heavy atom. The molecule has 0 saturated carbocycles. The predicted molar refractivity (Wildman–Crippen MR) is 104 cm³/mol. The van der Waals surface area contributed by atoms with Crippen molar-refractivity contribution in [3.05, 3.63) is 63.8 Å². The number of aryl methyl sites for hydroxylation is 1. The summed E-state index contributed by atoms with van der Waals surface area (Å²) < 4.78 is 12.3. The fraction of sp³-hybridized carbons (Fsp3) is 0.211. The molecule has 1 amide bonds. The number of aromatic nitrogens is 2. The van der Waals surface area contributed by atoms with Gasteiger partial charge in [0.15, 0.2) is 17.3 Å². The van der Waals surface area contributed by atoms with Crippen LogP contribution in [0.3, 0.4) is 0 Å². The van der Waals surface area contributed by atoms with Crippen LogP contribution in [0.15, 0.2) is 39.9 Å². The number of ether oxygens (including phenoxy) is 1. The molecule has 8 nitrogen and oxygen atoms in total. The zero-order valence-corrected chi connectivity index (χ0v) is 16.3. The van der Waals surface area contributed by atoms with Gasteiger partial charge >= 0.3 is 5.91 Å². The number of methoxy groups -OCH3 is 1. The lowest BCUT2D eigenvalue weighted by Crippen LogP contribution is -2.16. The Kier molecular flexibility index (Phi) is 5.70. The highest BCUT2D eigenvalue weighted by Gasteiger charge is 2.14. The summed E-state index contributed by atoms with van der Waals surface area (Å²) in [5, 5.41) is 18.8. The summed E-state index contributed by atoms with van der Waals surface area (Å²) in [6.07, 6.45) is 1.32. The van der Waals surface area contributed by atoms with E-state index in [2.05, 4.69) is 15.6 Å². The summed E-state index contributed by atoms with van der Waals surface area (Å²) in [6.45, 7) is 4.04. The number of hydrogen-bond donors (Lipinski definition) is 2. The second-order valence-electron chi connectivity index (χ2n) is 6.01. The fourth-order valence-electron chi connectivity index (χ4n) is 2.59. The number of halogens is 1. The van der Waals surface area contributed by atoms with Gasteiger partial charge in [-0.05, 0) is 38.1 Å². The molecule has 9 heteroatoms.